The van der Waals surface area contributed by atoms with E-state index in [4.69, 9.17) is 4.99 Å². The van der Waals surface area contributed by atoms with Crippen LogP contribution in [0.1, 0.15) is 30.0 Å². The van der Waals surface area contributed by atoms with Crippen molar-refractivity contribution in [3.05, 3.63) is 89.5 Å². The lowest BCUT2D eigenvalue weighted by atomic mass is 9.81. The molecule has 1 amide bonds. The summed E-state index contributed by atoms with van der Waals surface area (Å²) in [7, 11) is 2.11. The lowest BCUT2D eigenvalue weighted by Gasteiger charge is -2.39. The monoisotopic (exact) mass is 495 g/mol. The molecule has 4 aliphatic rings. The topological polar surface area (TPSA) is 51.2 Å². The molecule has 6 nitrogen and oxygen atoms in total. The van der Waals surface area contributed by atoms with E-state index in [0.717, 1.165) is 75.6 Å². The Morgan fingerprint density at radius 2 is 1.68 bits per heavy atom. The van der Waals surface area contributed by atoms with Crippen molar-refractivity contribution in [2.45, 2.75) is 31.5 Å². The number of rotatable bonds is 5. The molecule has 0 spiro atoms. The number of piperazine rings is 1. The van der Waals surface area contributed by atoms with Gasteiger partial charge in [0.15, 0.2) is 0 Å². The summed E-state index contributed by atoms with van der Waals surface area (Å²) in [5.74, 6) is 0.265. The number of likely N-dealkylation sites (tertiary alicyclic amines) is 1. The second kappa shape index (κ2) is 10.7. The Morgan fingerprint density at radius 1 is 0.946 bits per heavy atom. The molecule has 2 saturated heterocycles. The highest BCUT2D eigenvalue weighted by molar-refractivity contribution is 6.10. The van der Waals surface area contributed by atoms with Crippen LogP contribution >= 0.6 is 0 Å². The maximum atomic E-state index is 13.3. The molecule has 1 N–H and O–H groups in total. The third-order valence-corrected chi connectivity index (χ3v) is 8.30. The van der Waals surface area contributed by atoms with Crippen molar-refractivity contribution in [3.63, 3.8) is 0 Å². The Kier molecular flexibility index (Phi) is 7.05. The fourth-order valence-corrected chi connectivity index (χ4v) is 6.06. The number of hydrogen-bond donors (Lipinski definition) is 1. The van der Waals surface area contributed by atoms with E-state index < -0.39 is 0 Å². The van der Waals surface area contributed by atoms with Crippen LogP contribution in [0.3, 0.4) is 0 Å². The normalized spacial score (nSPS) is 24.7. The number of amides is 1. The molecule has 192 valence electrons. The summed E-state index contributed by atoms with van der Waals surface area (Å²) >= 11 is 0. The van der Waals surface area contributed by atoms with E-state index in [0.29, 0.717) is 6.04 Å². The number of carbonyl (C=O) groups is 1. The zero-order valence-electron chi connectivity index (χ0n) is 21.7. The average molecular weight is 496 g/mol. The number of nitrogens with zero attached hydrogens (tertiary/aromatic N) is 4. The first kappa shape index (κ1) is 24.3. The number of likely N-dealkylation sites (N-methyl/N-ethyl adjacent to an activating group) is 1. The van der Waals surface area contributed by atoms with E-state index in [9.17, 15) is 4.79 Å². The molecule has 0 saturated carbocycles. The summed E-state index contributed by atoms with van der Waals surface area (Å²) < 4.78 is 0. The molecule has 2 atom stereocenters. The smallest absolute Gasteiger partial charge is 0.253 e. The Bertz CT molecular complexity index is 1200. The largest absolute Gasteiger partial charge is 0.336 e. The van der Waals surface area contributed by atoms with Crippen molar-refractivity contribution >= 4 is 17.3 Å². The van der Waals surface area contributed by atoms with Gasteiger partial charge in [-0.1, -0.05) is 60.7 Å². The van der Waals surface area contributed by atoms with Gasteiger partial charge in [0.2, 0.25) is 0 Å². The molecule has 6 heteroatoms. The zero-order chi connectivity index (χ0) is 25.2. The molecule has 2 aromatic carbocycles. The van der Waals surface area contributed by atoms with Crippen molar-refractivity contribution in [1.29, 1.82) is 0 Å². The van der Waals surface area contributed by atoms with Crippen LogP contribution in [0, 0.1) is 5.92 Å². The van der Waals surface area contributed by atoms with Gasteiger partial charge in [-0.15, -0.1) is 0 Å². The van der Waals surface area contributed by atoms with Crippen LogP contribution in [-0.4, -0.2) is 78.7 Å². The second-order valence-electron chi connectivity index (χ2n) is 10.9. The summed E-state index contributed by atoms with van der Waals surface area (Å²) in [6.45, 7) is 6.65. The first-order valence-corrected chi connectivity index (χ1v) is 13.7. The molecule has 1 aliphatic carbocycles. The Hall–Kier alpha value is -3.06. The van der Waals surface area contributed by atoms with E-state index in [1.165, 1.54) is 11.1 Å². The fraction of sp³-hybridized carbons (Fsp3) is 0.419. The van der Waals surface area contributed by atoms with E-state index in [1.807, 2.05) is 17.1 Å². The Balaban J connectivity index is 1.15. The summed E-state index contributed by atoms with van der Waals surface area (Å²) in [4.78, 5) is 25.1. The van der Waals surface area contributed by atoms with Gasteiger partial charge >= 0.3 is 0 Å². The van der Waals surface area contributed by atoms with Crippen molar-refractivity contribution in [3.8, 4) is 0 Å². The molecule has 3 heterocycles. The van der Waals surface area contributed by atoms with Gasteiger partial charge in [-0.2, -0.15) is 0 Å². The van der Waals surface area contributed by atoms with Gasteiger partial charge in [-0.3, -0.25) is 14.7 Å². The number of para-hydroxylation sites is 1. The molecule has 3 aliphatic heterocycles. The van der Waals surface area contributed by atoms with Crippen LogP contribution < -0.4 is 5.32 Å². The first-order chi connectivity index (χ1) is 18.1. The summed E-state index contributed by atoms with van der Waals surface area (Å²) in [5, 5.41) is 4.02. The predicted octanol–water partition coefficient (Wildman–Crippen LogP) is 3.95. The van der Waals surface area contributed by atoms with Crippen LogP contribution in [0.5, 0.6) is 0 Å². The van der Waals surface area contributed by atoms with Gasteiger partial charge in [0.05, 0.1) is 11.4 Å². The molecule has 0 aromatic heterocycles. The van der Waals surface area contributed by atoms with E-state index in [-0.39, 0.29) is 17.9 Å². The number of hydrogen-bond acceptors (Lipinski definition) is 5. The highest BCUT2D eigenvalue weighted by atomic mass is 16.2. The summed E-state index contributed by atoms with van der Waals surface area (Å²) in [5.41, 5.74) is 5.42. The molecule has 37 heavy (non-hydrogen) atoms. The first-order valence-electron chi connectivity index (χ1n) is 13.7. The van der Waals surface area contributed by atoms with Gasteiger partial charge in [0.1, 0.15) is 0 Å². The van der Waals surface area contributed by atoms with Gasteiger partial charge < -0.3 is 15.1 Å². The summed E-state index contributed by atoms with van der Waals surface area (Å²) in [6, 6.07) is 19.9. The lowest BCUT2D eigenvalue weighted by molar-refractivity contribution is -0.128. The average Bonchev–Trinajstić information content (AvgIpc) is 2.94. The van der Waals surface area contributed by atoms with Crippen LogP contribution in [0.25, 0.3) is 0 Å². The van der Waals surface area contributed by atoms with E-state index in [1.54, 1.807) is 0 Å². The fourth-order valence-electron chi connectivity index (χ4n) is 6.06. The van der Waals surface area contributed by atoms with Crippen LogP contribution in [0.4, 0.5) is 5.69 Å². The molecular weight excluding hydrogens is 458 g/mol. The molecule has 0 bridgehead atoms. The minimum Gasteiger partial charge on any atom is -0.336 e. The molecule has 2 aromatic rings. The van der Waals surface area contributed by atoms with Crippen LogP contribution in [0.2, 0.25) is 0 Å². The maximum Gasteiger partial charge on any atom is 0.253 e. The van der Waals surface area contributed by atoms with Crippen LogP contribution in [0.15, 0.2) is 83.4 Å². The number of piperidine rings is 1. The number of benzene rings is 2. The second-order valence-corrected chi connectivity index (χ2v) is 10.9. The van der Waals surface area contributed by atoms with Gasteiger partial charge in [-0.25, -0.2) is 0 Å². The lowest BCUT2D eigenvalue weighted by Crippen LogP contribution is -2.48. The van der Waals surface area contributed by atoms with Gasteiger partial charge in [0, 0.05) is 56.3 Å². The van der Waals surface area contributed by atoms with E-state index >= 15 is 0 Å². The zero-order valence-corrected chi connectivity index (χ0v) is 21.7. The van der Waals surface area contributed by atoms with Crippen molar-refractivity contribution in [2.75, 3.05) is 46.3 Å². The number of fused-ring (bicyclic) bond motifs is 2. The third kappa shape index (κ3) is 5.33. The van der Waals surface area contributed by atoms with Crippen molar-refractivity contribution in [1.82, 2.24) is 20.0 Å². The molecule has 6 rings (SSSR count). The minimum absolute atomic E-state index is 0.125. The molecule has 0 radical (unpaired) electrons. The van der Waals surface area contributed by atoms with Crippen molar-refractivity contribution in [2.24, 2.45) is 10.9 Å². The summed E-state index contributed by atoms with van der Waals surface area (Å²) in [6.07, 6.45) is 8.56. The van der Waals surface area contributed by atoms with Gasteiger partial charge in [-0.05, 0) is 56.2 Å². The highest BCUT2D eigenvalue weighted by Gasteiger charge is 2.35. The molecular formula is C31H37N5O. The number of nitrogens with one attached hydrogen (secondary N) is 1. The predicted molar refractivity (Wildman–Crippen MR) is 149 cm³/mol. The number of aliphatic imine (C=N–C) groups is 1. The highest BCUT2D eigenvalue weighted by Crippen LogP contribution is 2.40. The van der Waals surface area contributed by atoms with E-state index in [2.05, 4.69) is 82.8 Å². The third-order valence-electron chi connectivity index (χ3n) is 8.30. The molecule has 2 fully saturated rings. The standard InChI is InChI=1S/C31H37N5O/c1-34-17-19-36(20-18-34)31(37)24-11-12-27-29(21-24)33-28-10-6-5-9-26(28)30(27)32-25-13-15-35(16-14-25)22-23-7-3-2-4-8-23/h2-12,21,25,27,30,32H,13-20,22H2,1H3. The quantitative estimate of drug-likeness (QED) is 0.683. The number of allylic oxidation sites excluding steroid dienone is 1. The SMILES string of the molecule is CN1CCN(C(=O)C2=CC3=Nc4ccccc4C(NC4CCN(Cc5ccccc5)CC4)C3C=C2)CC1. The Labute approximate surface area is 220 Å². The van der Waals surface area contributed by atoms with Gasteiger partial charge in [0.25, 0.3) is 5.91 Å². The minimum atomic E-state index is 0.125. The van der Waals surface area contributed by atoms with Crippen molar-refractivity contribution < 1.29 is 4.79 Å². The Morgan fingerprint density at radius 3 is 2.46 bits per heavy atom. The molecule has 2 unspecified atom stereocenters. The number of carbonyl (C=O) groups excluding carboxylic acids is 1. The maximum absolute atomic E-state index is 13.3. The van der Waals surface area contributed by atoms with Crippen LogP contribution in [-0.2, 0) is 11.3 Å².